The van der Waals surface area contributed by atoms with Crippen LogP contribution in [0.15, 0.2) is 35.4 Å². The van der Waals surface area contributed by atoms with E-state index in [0.717, 1.165) is 21.6 Å². The number of aryl methyl sites for hydroxylation is 1. The lowest BCUT2D eigenvalue weighted by Crippen LogP contribution is -1.86. The highest BCUT2D eigenvalue weighted by Crippen LogP contribution is 2.34. The van der Waals surface area contributed by atoms with Gasteiger partial charge in [0.05, 0.1) is 5.02 Å². The van der Waals surface area contributed by atoms with Crippen molar-refractivity contribution < 1.29 is 0 Å². The van der Waals surface area contributed by atoms with Crippen molar-refractivity contribution in [1.82, 2.24) is 4.98 Å². The van der Waals surface area contributed by atoms with Crippen LogP contribution < -0.4 is 0 Å². The Hall–Kier alpha value is -0.700. The van der Waals surface area contributed by atoms with Gasteiger partial charge in [-0.2, -0.15) is 0 Å². The quantitative estimate of drug-likeness (QED) is 0.587. The standard InChI is InChI=1S/C12H9Cl2NS/c1-7-2-3-8(6-10(7)16)11-9(13)4-5-15-12(11)14/h2-6,16H,1H3. The SMILES string of the molecule is Cc1ccc(-c2c(Cl)ccnc2Cl)cc1S. The van der Waals surface area contributed by atoms with Crippen molar-refractivity contribution in [3.8, 4) is 11.1 Å². The summed E-state index contributed by atoms with van der Waals surface area (Å²) in [6.07, 6.45) is 1.59. The molecule has 0 spiro atoms. The molecule has 16 heavy (non-hydrogen) atoms. The lowest BCUT2D eigenvalue weighted by molar-refractivity contribution is 1.29. The van der Waals surface area contributed by atoms with Gasteiger partial charge in [-0.1, -0.05) is 35.3 Å². The Morgan fingerprint density at radius 1 is 1.19 bits per heavy atom. The van der Waals surface area contributed by atoms with Crippen molar-refractivity contribution >= 4 is 35.8 Å². The van der Waals surface area contributed by atoms with E-state index in [1.807, 2.05) is 25.1 Å². The van der Waals surface area contributed by atoms with E-state index < -0.39 is 0 Å². The molecule has 4 heteroatoms. The number of hydrogen-bond acceptors (Lipinski definition) is 2. The van der Waals surface area contributed by atoms with Crippen LogP contribution in [-0.2, 0) is 0 Å². The highest BCUT2D eigenvalue weighted by molar-refractivity contribution is 7.80. The third-order valence-corrected chi connectivity index (χ3v) is 3.44. The molecule has 1 aromatic heterocycles. The van der Waals surface area contributed by atoms with E-state index in [1.165, 1.54) is 0 Å². The van der Waals surface area contributed by atoms with Gasteiger partial charge in [-0.3, -0.25) is 0 Å². The predicted octanol–water partition coefficient (Wildman–Crippen LogP) is 4.65. The minimum absolute atomic E-state index is 0.407. The number of rotatable bonds is 1. The maximum absolute atomic E-state index is 6.11. The molecule has 82 valence electrons. The van der Waals surface area contributed by atoms with Crippen LogP contribution in [0, 0.1) is 6.92 Å². The molecule has 0 aliphatic carbocycles. The van der Waals surface area contributed by atoms with E-state index in [9.17, 15) is 0 Å². The van der Waals surface area contributed by atoms with Crippen molar-refractivity contribution in [2.75, 3.05) is 0 Å². The van der Waals surface area contributed by atoms with E-state index in [2.05, 4.69) is 17.6 Å². The van der Waals surface area contributed by atoms with Gasteiger partial charge in [-0.05, 0) is 30.2 Å². The molecule has 2 aromatic rings. The summed E-state index contributed by atoms with van der Waals surface area (Å²) in [5.41, 5.74) is 2.79. The summed E-state index contributed by atoms with van der Waals surface area (Å²) in [6.45, 7) is 2.00. The molecule has 0 N–H and O–H groups in total. The Kier molecular flexibility index (Phi) is 3.43. The van der Waals surface area contributed by atoms with Crippen molar-refractivity contribution in [1.29, 1.82) is 0 Å². The van der Waals surface area contributed by atoms with Gasteiger partial charge in [0.2, 0.25) is 0 Å². The number of thiol groups is 1. The van der Waals surface area contributed by atoms with E-state index >= 15 is 0 Å². The number of hydrogen-bond donors (Lipinski definition) is 1. The van der Waals surface area contributed by atoms with E-state index in [4.69, 9.17) is 23.2 Å². The fourth-order valence-corrected chi connectivity index (χ4v) is 2.22. The van der Waals surface area contributed by atoms with Crippen LogP contribution in [0.1, 0.15) is 5.56 Å². The zero-order valence-corrected chi connectivity index (χ0v) is 10.9. The Bertz CT molecular complexity index is 520. The monoisotopic (exact) mass is 269 g/mol. The molecule has 0 bridgehead atoms. The highest BCUT2D eigenvalue weighted by atomic mass is 35.5. The summed E-state index contributed by atoms with van der Waals surface area (Å²) < 4.78 is 0. The molecule has 0 radical (unpaired) electrons. The van der Waals surface area contributed by atoms with E-state index in [-0.39, 0.29) is 0 Å². The molecule has 1 aromatic carbocycles. The number of halogens is 2. The second kappa shape index (κ2) is 4.66. The summed E-state index contributed by atoms with van der Waals surface area (Å²) >= 11 is 16.5. The molecule has 0 unspecified atom stereocenters. The van der Waals surface area contributed by atoms with Crippen molar-refractivity contribution in [2.24, 2.45) is 0 Å². The summed E-state index contributed by atoms with van der Waals surface area (Å²) in [7, 11) is 0. The maximum Gasteiger partial charge on any atom is 0.138 e. The van der Waals surface area contributed by atoms with Crippen LogP contribution in [-0.4, -0.2) is 4.98 Å². The Balaban J connectivity index is 2.63. The Labute approximate surface area is 110 Å². The van der Waals surface area contributed by atoms with Crippen LogP contribution in [0.25, 0.3) is 11.1 Å². The van der Waals surface area contributed by atoms with Gasteiger partial charge >= 0.3 is 0 Å². The molecule has 0 amide bonds. The third kappa shape index (κ3) is 2.19. The summed E-state index contributed by atoms with van der Waals surface area (Å²) in [6, 6.07) is 7.61. The predicted molar refractivity (Wildman–Crippen MR) is 71.7 cm³/mol. The molecule has 2 rings (SSSR count). The minimum Gasteiger partial charge on any atom is -0.244 e. The summed E-state index contributed by atoms with van der Waals surface area (Å²) in [4.78, 5) is 4.94. The van der Waals surface area contributed by atoms with Crippen LogP contribution in [0.2, 0.25) is 10.2 Å². The normalized spacial score (nSPS) is 10.5. The largest absolute Gasteiger partial charge is 0.244 e. The number of benzene rings is 1. The maximum atomic E-state index is 6.11. The first-order valence-corrected chi connectivity index (χ1v) is 5.90. The molecule has 0 atom stereocenters. The molecule has 0 aliphatic rings. The minimum atomic E-state index is 0.407. The first kappa shape index (κ1) is 11.8. The summed E-state index contributed by atoms with van der Waals surface area (Å²) in [5.74, 6) is 0. The van der Waals surface area contributed by atoms with Gasteiger partial charge in [0.15, 0.2) is 0 Å². The van der Waals surface area contributed by atoms with Gasteiger partial charge in [0, 0.05) is 16.7 Å². The third-order valence-electron chi connectivity index (χ3n) is 2.35. The lowest BCUT2D eigenvalue weighted by atomic mass is 10.1. The smallest absolute Gasteiger partial charge is 0.138 e. The van der Waals surface area contributed by atoms with Crippen molar-refractivity contribution in [3.63, 3.8) is 0 Å². The van der Waals surface area contributed by atoms with Crippen molar-refractivity contribution in [2.45, 2.75) is 11.8 Å². The zero-order valence-electron chi connectivity index (χ0n) is 8.54. The average Bonchev–Trinajstić information content (AvgIpc) is 2.23. The molecule has 1 nitrogen and oxygen atoms in total. The van der Waals surface area contributed by atoms with Gasteiger partial charge < -0.3 is 0 Å². The van der Waals surface area contributed by atoms with E-state index in [0.29, 0.717) is 10.2 Å². The van der Waals surface area contributed by atoms with Crippen LogP contribution in [0.5, 0.6) is 0 Å². The molecule has 0 saturated heterocycles. The van der Waals surface area contributed by atoms with Gasteiger partial charge in [-0.15, -0.1) is 12.6 Å². The number of pyridine rings is 1. The van der Waals surface area contributed by atoms with Crippen LogP contribution in [0.3, 0.4) is 0 Å². The van der Waals surface area contributed by atoms with E-state index in [1.54, 1.807) is 12.3 Å². The average molecular weight is 270 g/mol. The Morgan fingerprint density at radius 2 is 1.94 bits per heavy atom. The number of nitrogens with zero attached hydrogens (tertiary/aromatic N) is 1. The first-order valence-electron chi connectivity index (χ1n) is 4.69. The first-order chi connectivity index (χ1) is 7.59. The summed E-state index contributed by atoms with van der Waals surface area (Å²) in [5, 5.41) is 1.00. The number of aromatic nitrogens is 1. The second-order valence-electron chi connectivity index (χ2n) is 3.46. The fraction of sp³-hybridized carbons (Fsp3) is 0.0833. The van der Waals surface area contributed by atoms with Crippen molar-refractivity contribution in [3.05, 3.63) is 46.2 Å². The topological polar surface area (TPSA) is 12.9 Å². The van der Waals surface area contributed by atoms with Crippen LogP contribution >= 0.6 is 35.8 Å². The lowest BCUT2D eigenvalue weighted by Gasteiger charge is -2.08. The second-order valence-corrected chi connectivity index (χ2v) is 4.71. The molecule has 0 fully saturated rings. The molecular weight excluding hydrogens is 261 g/mol. The zero-order chi connectivity index (χ0) is 11.7. The van der Waals surface area contributed by atoms with Gasteiger partial charge in [0.25, 0.3) is 0 Å². The molecular formula is C12H9Cl2NS. The van der Waals surface area contributed by atoms with Gasteiger partial charge in [0.1, 0.15) is 5.15 Å². The van der Waals surface area contributed by atoms with Crippen LogP contribution in [0.4, 0.5) is 0 Å². The molecule has 0 saturated carbocycles. The Morgan fingerprint density at radius 3 is 2.56 bits per heavy atom. The molecule has 0 aliphatic heterocycles. The molecule has 1 heterocycles. The fourth-order valence-electron chi connectivity index (χ4n) is 1.44. The highest BCUT2D eigenvalue weighted by Gasteiger charge is 2.09. The van der Waals surface area contributed by atoms with Gasteiger partial charge in [-0.25, -0.2) is 4.98 Å².